The van der Waals surface area contributed by atoms with E-state index in [0.717, 1.165) is 18.4 Å². The maximum atomic E-state index is 13.1. The Morgan fingerprint density at radius 1 is 1.21 bits per heavy atom. The van der Waals surface area contributed by atoms with Crippen LogP contribution >= 0.6 is 0 Å². The van der Waals surface area contributed by atoms with Crippen LogP contribution in [0, 0.1) is 0 Å². The number of nitrogens with zero attached hydrogens (tertiary/aromatic N) is 1. The summed E-state index contributed by atoms with van der Waals surface area (Å²) >= 11 is 0. The number of piperidine rings is 1. The minimum atomic E-state index is -3.60. The lowest BCUT2D eigenvalue weighted by Crippen LogP contribution is -2.51. The normalized spacial score (nSPS) is 21.8. The first-order valence-corrected chi connectivity index (χ1v) is 9.90. The van der Waals surface area contributed by atoms with Crippen LogP contribution in [0.1, 0.15) is 31.7 Å². The zero-order valence-corrected chi connectivity index (χ0v) is 15.1. The van der Waals surface area contributed by atoms with Crippen LogP contribution in [0.2, 0.25) is 0 Å². The van der Waals surface area contributed by atoms with Crippen LogP contribution in [0.15, 0.2) is 23.1 Å². The van der Waals surface area contributed by atoms with Crippen LogP contribution in [0.4, 0.5) is 0 Å². The summed E-state index contributed by atoms with van der Waals surface area (Å²) in [5, 5.41) is 0. The summed E-state index contributed by atoms with van der Waals surface area (Å²) in [7, 11) is -2.10. The molecule has 2 fully saturated rings. The van der Waals surface area contributed by atoms with E-state index in [9.17, 15) is 8.42 Å². The number of aryl methyl sites for hydroxylation is 1. The number of rotatable bonds is 4. The molecular weight excluding hydrogens is 330 g/mol. The van der Waals surface area contributed by atoms with E-state index in [2.05, 4.69) is 0 Å². The molecule has 134 valence electrons. The summed E-state index contributed by atoms with van der Waals surface area (Å²) in [6.07, 6.45) is 2.78. The van der Waals surface area contributed by atoms with Crippen LogP contribution in [0.25, 0.3) is 0 Å². The van der Waals surface area contributed by atoms with E-state index >= 15 is 0 Å². The fraction of sp³-hybridized carbons (Fsp3) is 0.647. The average Bonchev–Trinajstić information content (AvgIpc) is 2.62. The molecule has 3 rings (SSSR count). The second kappa shape index (κ2) is 7.00. The van der Waals surface area contributed by atoms with E-state index in [0.29, 0.717) is 44.9 Å². The molecule has 0 aliphatic carbocycles. The summed E-state index contributed by atoms with van der Waals surface area (Å²) in [6, 6.07) is 5.34. The predicted octanol–water partition coefficient (Wildman–Crippen LogP) is 2.18. The molecule has 1 spiro atoms. The van der Waals surface area contributed by atoms with Crippen molar-refractivity contribution in [3.05, 3.63) is 23.8 Å². The molecule has 7 heteroatoms. The Balaban J connectivity index is 1.82. The molecule has 0 bridgehead atoms. The van der Waals surface area contributed by atoms with E-state index in [-0.39, 0.29) is 4.90 Å². The van der Waals surface area contributed by atoms with Crippen LogP contribution in [-0.2, 0) is 25.9 Å². The van der Waals surface area contributed by atoms with Gasteiger partial charge in [0.2, 0.25) is 10.0 Å². The highest BCUT2D eigenvalue weighted by Crippen LogP contribution is 2.35. The van der Waals surface area contributed by atoms with E-state index in [1.807, 2.05) is 13.0 Å². The maximum absolute atomic E-state index is 13.1. The molecule has 0 atom stereocenters. The summed E-state index contributed by atoms with van der Waals surface area (Å²) < 4.78 is 44.5. The van der Waals surface area contributed by atoms with Gasteiger partial charge in [0.1, 0.15) is 10.6 Å². The summed E-state index contributed by atoms with van der Waals surface area (Å²) in [6.45, 7) is 4.14. The van der Waals surface area contributed by atoms with Gasteiger partial charge in [-0.15, -0.1) is 0 Å². The molecule has 2 saturated heterocycles. The largest absolute Gasteiger partial charge is 0.495 e. The van der Waals surface area contributed by atoms with Gasteiger partial charge in [-0.05, 0) is 30.5 Å². The first kappa shape index (κ1) is 17.7. The summed E-state index contributed by atoms with van der Waals surface area (Å²) in [4.78, 5) is 0.241. The molecule has 0 aromatic heterocycles. The predicted molar refractivity (Wildman–Crippen MR) is 89.6 cm³/mol. The van der Waals surface area contributed by atoms with Gasteiger partial charge in [-0.25, -0.2) is 8.42 Å². The Morgan fingerprint density at radius 3 is 2.46 bits per heavy atom. The summed E-state index contributed by atoms with van der Waals surface area (Å²) in [5.41, 5.74) is 0.974. The van der Waals surface area contributed by atoms with E-state index in [1.165, 1.54) is 11.4 Å². The van der Waals surface area contributed by atoms with Gasteiger partial charge >= 0.3 is 0 Å². The minimum absolute atomic E-state index is 0.241. The van der Waals surface area contributed by atoms with Crippen molar-refractivity contribution < 1.29 is 22.6 Å². The molecule has 0 saturated carbocycles. The van der Waals surface area contributed by atoms with Gasteiger partial charge in [-0.2, -0.15) is 4.31 Å². The highest BCUT2D eigenvalue weighted by atomic mass is 32.2. The van der Waals surface area contributed by atoms with Gasteiger partial charge in [0.05, 0.1) is 20.3 Å². The zero-order chi connectivity index (χ0) is 17.2. The highest BCUT2D eigenvalue weighted by Gasteiger charge is 2.42. The Kier molecular flexibility index (Phi) is 5.15. The summed E-state index contributed by atoms with van der Waals surface area (Å²) in [5.74, 6) is -0.211. The number of hydrogen-bond acceptors (Lipinski definition) is 5. The average molecular weight is 355 g/mol. The van der Waals surface area contributed by atoms with Crippen molar-refractivity contribution in [1.82, 2.24) is 4.31 Å². The van der Waals surface area contributed by atoms with Crippen LogP contribution in [0.3, 0.4) is 0 Å². The number of ether oxygens (including phenoxy) is 3. The Bertz CT molecular complexity index is 672. The van der Waals surface area contributed by atoms with Crippen LogP contribution in [0.5, 0.6) is 5.75 Å². The van der Waals surface area contributed by atoms with Crippen molar-refractivity contribution in [3.63, 3.8) is 0 Å². The lowest BCUT2D eigenvalue weighted by Gasteiger charge is -2.42. The first-order valence-electron chi connectivity index (χ1n) is 8.46. The van der Waals surface area contributed by atoms with Gasteiger partial charge in [-0.1, -0.05) is 13.0 Å². The first-order chi connectivity index (χ1) is 11.5. The van der Waals surface area contributed by atoms with Crippen molar-refractivity contribution in [3.8, 4) is 5.75 Å². The molecule has 6 nitrogen and oxygen atoms in total. The molecule has 0 radical (unpaired) electrons. The second-order valence-electron chi connectivity index (χ2n) is 6.20. The van der Waals surface area contributed by atoms with Crippen molar-refractivity contribution in [2.24, 2.45) is 0 Å². The molecule has 24 heavy (non-hydrogen) atoms. The molecule has 0 amide bonds. The van der Waals surface area contributed by atoms with Crippen molar-refractivity contribution in [1.29, 1.82) is 0 Å². The fourth-order valence-electron chi connectivity index (χ4n) is 3.25. The van der Waals surface area contributed by atoms with Crippen molar-refractivity contribution >= 4 is 10.0 Å². The van der Waals surface area contributed by atoms with Gasteiger partial charge < -0.3 is 14.2 Å². The Hall–Kier alpha value is -1.15. The molecule has 2 aliphatic rings. The Labute approximate surface area is 143 Å². The fourth-order valence-corrected chi connectivity index (χ4v) is 4.90. The monoisotopic (exact) mass is 355 g/mol. The van der Waals surface area contributed by atoms with E-state index < -0.39 is 15.8 Å². The number of benzene rings is 1. The zero-order valence-electron chi connectivity index (χ0n) is 14.3. The third-order valence-electron chi connectivity index (χ3n) is 4.76. The molecule has 1 aromatic rings. The van der Waals surface area contributed by atoms with Gasteiger partial charge in [0, 0.05) is 25.9 Å². The van der Waals surface area contributed by atoms with E-state index in [1.54, 1.807) is 12.1 Å². The van der Waals surface area contributed by atoms with Gasteiger partial charge in [0.15, 0.2) is 5.79 Å². The SMILES string of the molecule is CCc1ccc(OC)c(S(=O)(=O)N2CCC3(CC2)OCCCO3)c1. The molecule has 0 unspecified atom stereocenters. The standard InChI is InChI=1S/C17H25NO5S/c1-3-14-5-6-15(21-2)16(13-14)24(19,20)18-9-7-17(8-10-18)22-11-4-12-23-17/h5-6,13H,3-4,7-12H2,1-2H3. The number of sulfonamides is 1. The Morgan fingerprint density at radius 2 is 1.88 bits per heavy atom. The van der Waals surface area contributed by atoms with Crippen LogP contribution in [-0.4, -0.2) is 51.9 Å². The molecule has 2 aliphatic heterocycles. The molecule has 0 N–H and O–H groups in total. The number of methoxy groups -OCH3 is 1. The van der Waals surface area contributed by atoms with Gasteiger partial charge in [0.25, 0.3) is 0 Å². The quantitative estimate of drug-likeness (QED) is 0.828. The molecule has 2 heterocycles. The smallest absolute Gasteiger partial charge is 0.246 e. The third-order valence-corrected chi connectivity index (χ3v) is 6.68. The number of hydrogen-bond donors (Lipinski definition) is 0. The molecular formula is C17H25NO5S. The van der Waals surface area contributed by atoms with Crippen molar-refractivity contribution in [2.45, 2.75) is 43.3 Å². The topological polar surface area (TPSA) is 65.1 Å². The lowest BCUT2D eigenvalue weighted by molar-refractivity contribution is -0.280. The minimum Gasteiger partial charge on any atom is -0.495 e. The van der Waals surface area contributed by atoms with Crippen LogP contribution < -0.4 is 4.74 Å². The third kappa shape index (κ3) is 3.31. The molecule has 1 aromatic carbocycles. The van der Waals surface area contributed by atoms with Gasteiger partial charge in [-0.3, -0.25) is 0 Å². The highest BCUT2D eigenvalue weighted by molar-refractivity contribution is 7.89. The van der Waals surface area contributed by atoms with E-state index in [4.69, 9.17) is 14.2 Å². The second-order valence-corrected chi connectivity index (χ2v) is 8.11. The maximum Gasteiger partial charge on any atom is 0.246 e. The lowest BCUT2D eigenvalue weighted by atomic mass is 10.0. The van der Waals surface area contributed by atoms with Crippen molar-refractivity contribution in [2.75, 3.05) is 33.4 Å².